The monoisotopic (exact) mass is 150 g/mol. The molecule has 3 aliphatic carbocycles. The largest absolute Gasteiger partial charge is 0.0594 e. The summed E-state index contributed by atoms with van der Waals surface area (Å²) in [6, 6.07) is 0. The third-order valence-electron chi connectivity index (χ3n) is 4.88. The second kappa shape index (κ2) is 1.84. The molecular formula is C11H18. The Hall–Kier alpha value is 0. The predicted octanol–water partition coefficient (Wildman–Crippen LogP) is 3.22. The lowest BCUT2D eigenvalue weighted by Crippen LogP contribution is -2.24. The smallest absolute Gasteiger partial charge is 0.0292 e. The molecule has 3 rings (SSSR count). The van der Waals surface area contributed by atoms with Crippen LogP contribution in [-0.2, 0) is 0 Å². The first-order chi connectivity index (χ1) is 5.30. The van der Waals surface area contributed by atoms with Crippen LogP contribution >= 0.6 is 0 Å². The van der Waals surface area contributed by atoms with E-state index in [1.165, 1.54) is 5.92 Å². The molecule has 3 fully saturated rings. The highest BCUT2D eigenvalue weighted by Gasteiger charge is 2.55. The predicted molar refractivity (Wildman–Crippen MR) is 46.3 cm³/mol. The Kier molecular flexibility index (Phi) is 1.09. The highest BCUT2D eigenvalue weighted by Crippen LogP contribution is 2.65. The van der Waals surface area contributed by atoms with Crippen molar-refractivity contribution >= 4 is 0 Å². The lowest BCUT2D eigenvalue weighted by atomic mass is 9.73. The zero-order chi connectivity index (χ0) is 7.47. The van der Waals surface area contributed by atoms with E-state index in [1.54, 1.807) is 38.5 Å². The van der Waals surface area contributed by atoms with Gasteiger partial charge in [-0.25, -0.2) is 0 Å². The maximum Gasteiger partial charge on any atom is -0.0292 e. The van der Waals surface area contributed by atoms with E-state index in [0.29, 0.717) is 0 Å². The average molecular weight is 150 g/mol. The minimum Gasteiger partial charge on any atom is -0.0594 e. The summed E-state index contributed by atoms with van der Waals surface area (Å²) in [5, 5.41) is 0. The highest BCUT2D eigenvalue weighted by atomic mass is 14.6. The fourth-order valence-electron chi connectivity index (χ4n) is 4.44. The Labute approximate surface area is 69.4 Å². The molecular weight excluding hydrogens is 132 g/mol. The Balaban J connectivity index is 1.98. The van der Waals surface area contributed by atoms with Gasteiger partial charge in [-0.05, 0) is 55.3 Å². The summed E-state index contributed by atoms with van der Waals surface area (Å²) in [5.74, 6) is 3.49. The van der Waals surface area contributed by atoms with Gasteiger partial charge in [0.05, 0.1) is 0 Å². The standard InChI is InChI=1S/C11H18/c1-11-6-5-8(7-11)9-3-2-4-10(9)11/h8-10H,2-7H2,1H3. The second-order valence-electron chi connectivity index (χ2n) is 5.36. The van der Waals surface area contributed by atoms with Crippen LogP contribution in [0.15, 0.2) is 0 Å². The summed E-state index contributed by atoms with van der Waals surface area (Å²) < 4.78 is 0. The molecule has 0 nitrogen and oxygen atoms in total. The van der Waals surface area contributed by atoms with Crippen molar-refractivity contribution in [2.75, 3.05) is 0 Å². The molecule has 0 aromatic heterocycles. The maximum atomic E-state index is 2.56. The van der Waals surface area contributed by atoms with Crippen LogP contribution in [0.25, 0.3) is 0 Å². The molecule has 0 radical (unpaired) electrons. The molecule has 0 heteroatoms. The van der Waals surface area contributed by atoms with Crippen molar-refractivity contribution in [2.45, 2.75) is 45.4 Å². The lowest BCUT2D eigenvalue weighted by molar-refractivity contribution is 0.174. The Morgan fingerprint density at radius 3 is 2.91 bits per heavy atom. The van der Waals surface area contributed by atoms with Crippen molar-refractivity contribution in [1.82, 2.24) is 0 Å². The van der Waals surface area contributed by atoms with E-state index < -0.39 is 0 Å². The average Bonchev–Trinajstić information content (AvgIpc) is 2.53. The molecule has 0 saturated heterocycles. The molecule has 0 N–H and O–H groups in total. The van der Waals surface area contributed by atoms with Crippen LogP contribution in [0, 0.1) is 23.2 Å². The van der Waals surface area contributed by atoms with Crippen molar-refractivity contribution in [3.63, 3.8) is 0 Å². The zero-order valence-electron chi connectivity index (χ0n) is 7.47. The van der Waals surface area contributed by atoms with Crippen LogP contribution in [0.2, 0.25) is 0 Å². The van der Waals surface area contributed by atoms with Crippen LogP contribution in [0.5, 0.6) is 0 Å². The molecule has 11 heavy (non-hydrogen) atoms. The molecule has 0 aromatic carbocycles. The van der Waals surface area contributed by atoms with E-state index in [1.807, 2.05) is 0 Å². The van der Waals surface area contributed by atoms with Crippen molar-refractivity contribution in [3.8, 4) is 0 Å². The topological polar surface area (TPSA) is 0 Å². The van der Waals surface area contributed by atoms with Crippen molar-refractivity contribution < 1.29 is 0 Å². The lowest BCUT2D eigenvalue weighted by Gasteiger charge is -2.32. The van der Waals surface area contributed by atoms with Gasteiger partial charge in [-0.15, -0.1) is 0 Å². The number of rotatable bonds is 0. The molecule has 3 saturated carbocycles. The van der Waals surface area contributed by atoms with Crippen LogP contribution in [0.1, 0.15) is 45.4 Å². The van der Waals surface area contributed by atoms with Gasteiger partial charge in [0.1, 0.15) is 0 Å². The van der Waals surface area contributed by atoms with Crippen molar-refractivity contribution in [3.05, 3.63) is 0 Å². The fourth-order valence-corrected chi connectivity index (χ4v) is 4.44. The van der Waals surface area contributed by atoms with Crippen LogP contribution in [0.3, 0.4) is 0 Å². The van der Waals surface area contributed by atoms with Gasteiger partial charge in [-0.1, -0.05) is 13.3 Å². The summed E-state index contributed by atoms with van der Waals surface area (Å²) in [5.41, 5.74) is 0.811. The first-order valence-electron chi connectivity index (χ1n) is 5.30. The van der Waals surface area contributed by atoms with Gasteiger partial charge in [0.15, 0.2) is 0 Å². The van der Waals surface area contributed by atoms with Gasteiger partial charge in [0, 0.05) is 0 Å². The quantitative estimate of drug-likeness (QED) is 0.497. The number of hydrogen-bond acceptors (Lipinski definition) is 0. The summed E-state index contributed by atoms with van der Waals surface area (Å²) in [6.45, 7) is 2.56. The molecule has 0 aliphatic heterocycles. The molecule has 62 valence electrons. The third kappa shape index (κ3) is 0.666. The SMILES string of the molecule is CC12CCC(C1)C1CCCC12. The highest BCUT2D eigenvalue weighted by molar-refractivity contribution is 5.05. The van der Waals surface area contributed by atoms with Crippen molar-refractivity contribution in [1.29, 1.82) is 0 Å². The molecule has 0 aromatic rings. The van der Waals surface area contributed by atoms with Gasteiger partial charge < -0.3 is 0 Å². The summed E-state index contributed by atoms with van der Waals surface area (Å²) in [7, 11) is 0. The first kappa shape index (κ1) is 6.51. The van der Waals surface area contributed by atoms with E-state index in [2.05, 4.69) is 6.92 Å². The van der Waals surface area contributed by atoms with Crippen LogP contribution < -0.4 is 0 Å². The summed E-state index contributed by atoms with van der Waals surface area (Å²) in [6.07, 6.45) is 9.39. The normalized spacial score (nSPS) is 60.3. The molecule has 0 heterocycles. The van der Waals surface area contributed by atoms with Crippen molar-refractivity contribution in [2.24, 2.45) is 23.2 Å². The maximum absolute atomic E-state index is 2.56. The minimum absolute atomic E-state index is 0.811. The van der Waals surface area contributed by atoms with E-state index in [4.69, 9.17) is 0 Å². The molecule has 2 bridgehead atoms. The molecule has 0 amide bonds. The summed E-state index contributed by atoms with van der Waals surface area (Å²) in [4.78, 5) is 0. The third-order valence-corrected chi connectivity index (χ3v) is 4.88. The van der Waals surface area contributed by atoms with Gasteiger partial charge in [-0.2, -0.15) is 0 Å². The number of hydrogen-bond donors (Lipinski definition) is 0. The van der Waals surface area contributed by atoms with Crippen LogP contribution in [-0.4, -0.2) is 0 Å². The number of fused-ring (bicyclic) bond motifs is 5. The van der Waals surface area contributed by atoms with E-state index in [-0.39, 0.29) is 0 Å². The van der Waals surface area contributed by atoms with E-state index >= 15 is 0 Å². The Bertz CT molecular complexity index is 184. The molecule has 4 atom stereocenters. The zero-order valence-corrected chi connectivity index (χ0v) is 7.47. The minimum atomic E-state index is 0.811. The van der Waals surface area contributed by atoms with Crippen LogP contribution in [0.4, 0.5) is 0 Å². The van der Waals surface area contributed by atoms with Gasteiger partial charge >= 0.3 is 0 Å². The van der Waals surface area contributed by atoms with E-state index in [9.17, 15) is 0 Å². The van der Waals surface area contributed by atoms with E-state index in [0.717, 1.165) is 17.3 Å². The first-order valence-corrected chi connectivity index (χ1v) is 5.30. The second-order valence-corrected chi connectivity index (χ2v) is 5.36. The molecule has 0 spiro atoms. The molecule has 3 aliphatic rings. The fraction of sp³-hybridized carbons (Fsp3) is 1.00. The van der Waals surface area contributed by atoms with Gasteiger partial charge in [-0.3, -0.25) is 0 Å². The Morgan fingerprint density at radius 1 is 1.18 bits per heavy atom. The summed E-state index contributed by atoms with van der Waals surface area (Å²) >= 11 is 0. The van der Waals surface area contributed by atoms with Gasteiger partial charge in [0.25, 0.3) is 0 Å². The Morgan fingerprint density at radius 2 is 2.09 bits per heavy atom. The van der Waals surface area contributed by atoms with Gasteiger partial charge in [0.2, 0.25) is 0 Å². The molecule has 4 unspecified atom stereocenters.